The van der Waals surface area contributed by atoms with Crippen LogP contribution in [0.5, 0.6) is 0 Å². The van der Waals surface area contributed by atoms with Crippen LogP contribution < -0.4 is 5.32 Å². The van der Waals surface area contributed by atoms with Crippen LogP contribution in [-0.2, 0) is 0 Å². The molecular formula is C17H11BrClNO. The number of fused-ring (bicyclic) bond motifs is 1. The molecule has 1 amide bonds. The van der Waals surface area contributed by atoms with Gasteiger partial charge in [0.05, 0.1) is 0 Å². The molecule has 21 heavy (non-hydrogen) atoms. The van der Waals surface area contributed by atoms with E-state index in [9.17, 15) is 4.79 Å². The second kappa shape index (κ2) is 5.88. The number of carbonyl (C=O) groups excluding carboxylic acids is 1. The summed E-state index contributed by atoms with van der Waals surface area (Å²) in [7, 11) is 0. The zero-order valence-corrected chi connectivity index (χ0v) is 13.3. The summed E-state index contributed by atoms with van der Waals surface area (Å²) in [6.07, 6.45) is 0. The molecule has 0 radical (unpaired) electrons. The van der Waals surface area contributed by atoms with E-state index in [1.54, 1.807) is 6.07 Å². The fourth-order valence-corrected chi connectivity index (χ4v) is 2.87. The highest BCUT2D eigenvalue weighted by Crippen LogP contribution is 2.26. The Labute approximate surface area is 135 Å². The van der Waals surface area contributed by atoms with Gasteiger partial charge >= 0.3 is 0 Å². The van der Waals surface area contributed by atoms with Crippen LogP contribution in [0.3, 0.4) is 0 Å². The van der Waals surface area contributed by atoms with Crippen LogP contribution in [-0.4, -0.2) is 5.91 Å². The van der Waals surface area contributed by atoms with Gasteiger partial charge in [0, 0.05) is 26.1 Å². The normalized spacial score (nSPS) is 10.6. The van der Waals surface area contributed by atoms with E-state index in [-0.39, 0.29) is 5.91 Å². The quantitative estimate of drug-likeness (QED) is 0.641. The van der Waals surface area contributed by atoms with Gasteiger partial charge in [-0.1, -0.05) is 57.9 Å². The first-order valence-corrected chi connectivity index (χ1v) is 7.56. The predicted molar refractivity (Wildman–Crippen MR) is 91.1 cm³/mol. The number of halogens is 2. The molecule has 0 bridgehead atoms. The molecule has 0 aliphatic rings. The van der Waals surface area contributed by atoms with Crippen LogP contribution in [0.1, 0.15) is 10.4 Å². The Kier molecular flexibility index (Phi) is 3.95. The number of hydrogen-bond acceptors (Lipinski definition) is 1. The van der Waals surface area contributed by atoms with Crippen molar-refractivity contribution >= 4 is 49.9 Å². The minimum Gasteiger partial charge on any atom is -0.322 e. The van der Waals surface area contributed by atoms with E-state index in [2.05, 4.69) is 21.2 Å². The first-order chi connectivity index (χ1) is 10.1. The maximum absolute atomic E-state index is 12.5. The van der Waals surface area contributed by atoms with Gasteiger partial charge in [-0.25, -0.2) is 0 Å². The fourth-order valence-electron chi connectivity index (χ4n) is 2.23. The van der Waals surface area contributed by atoms with Gasteiger partial charge in [0.1, 0.15) is 0 Å². The van der Waals surface area contributed by atoms with Gasteiger partial charge in [-0.2, -0.15) is 0 Å². The van der Waals surface area contributed by atoms with Crippen molar-refractivity contribution in [3.05, 3.63) is 75.7 Å². The van der Waals surface area contributed by atoms with Crippen LogP contribution in [0.15, 0.2) is 65.1 Å². The third-order valence-corrected chi connectivity index (χ3v) is 4.02. The molecule has 104 valence electrons. The molecule has 0 saturated carbocycles. The Morgan fingerprint density at radius 2 is 1.67 bits per heavy atom. The number of amides is 1. The summed E-state index contributed by atoms with van der Waals surface area (Å²) < 4.78 is 0.918. The Morgan fingerprint density at radius 3 is 2.48 bits per heavy atom. The van der Waals surface area contributed by atoms with E-state index < -0.39 is 0 Å². The van der Waals surface area contributed by atoms with Crippen LogP contribution in [0.25, 0.3) is 10.8 Å². The molecule has 0 spiro atoms. The topological polar surface area (TPSA) is 29.1 Å². The number of carbonyl (C=O) groups is 1. The van der Waals surface area contributed by atoms with Gasteiger partial charge in [-0.15, -0.1) is 0 Å². The fraction of sp³-hybridized carbons (Fsp3) is 0. The maximum Gasteiger partial charge on any atom is 0.256 e. The Hall–Kier alpha value is -1.84. The second-order valence-corrected chi connectivity index (χ2v) is 5.93. The van der Waals surface area contributed by atoms with Crippen molar-refractivity contribution in [2.75, 3.05) is 5.32 Å². The van der Waals surface area contributed by atoms with Crippen LogP contribution in [0.2, 0.25) is 5.02 Å². The molecule has 2 nitrogen and oxygen atoms in total. The van der Waals surface area contributed by atoms with Gasteiger partial charge in [0.2, 0.25) is 0 Å². The lowest BCUT2D eigenvalue weighted by atomic mass is 10.0. The summed E-state index contributed by atoms with van der Waals surface area (Å²) in [4.78, 5) is 12.5. The lowest BCUT2D eigenvalue weighted by molar-refractivity contribution is 0.102. The van der Waals surface area contributed by atoms with Crippen molar-refractivity contribution < 1.29 is 4.79 Å². The third kappa shape index (κ3) is 2.94. The van der Waals surface area contributed by atoms with Gasteiger partial charge in [0.25, 0.3) is 5.91 Å². The highest BCUT2D eigenvalue weighted by molar-refractivity contribution is 9.10. The number of rotatable bonds is 2. The second-order valence-electron chi connectivity index (χ2n) is 4.61. The summed E-state index contributed by atoms with van der Waals surface area (Å²) in [5.74, 6) is -0.152. The lowest BCUT2D eigenvalue weighted by Gasteiger charge is -2.09. The van der Waals surface area contributed by atoms with E-state index in [4.69, 9.17) is 11.6 Å². The Balaban J connectivity index is 2.00. The highest BCUT2D eigenvalue weighted by Gasteiger charge is 2.11. The van der Waals surface area contributed by atoms with E-state index in [1.807, 2.05) is 54.6 Å². The number of hydrogen-bond donors (Lipinski definition) is 1. The third-order valence-electron chi connectivity index (χ3n) is 3.20. The molecule has 0 fully saturated rings. The molecule has 0 aliphatic heterocycles. The molecule has 4 heteroatoms. The summed E-state index contributed by atoms with van der Waals surface area (Å²) in [5.41, 5.74) is 1.35. The van der Waals surface area contributed by atoms with Crippen molar-refractivity contribution in [3.63, 3.8) is 0 Å². The number of benzene rings is 3. The predicted octanol–water partition coefficient (Wildman–Crippen LogP) is 5.51. The summed E-state index contributed by atoms with van der Waals surface area (Å²) in [6.45, 7) is 0. The summed E-state index contributed by atoms with van der Waals surface area (Å²) >= 11 is 9.57. The van der Waals surface area contributed by atoms with Crippen molar-refractivity contribution in [2.24, 2.45) is 0 Å². The molecule has 0 unspecified atom stereocenters. The smallest absolute Gasteiger partial charge is 0.256 e. The van der Waals surface area contributed by atoms with Gasteiger partial charge in [-0.3, -0.25) is 4.79 Å². The highest BCUT2D eigenvalue weighted by atomic mass is 79.9. The number of nitrogens with one attached hydrogen (secondary N) is 1. The number of anilines is 1. The molecule has 0 saturated heterocycles. The van der Waals surface area contributed by atoms with Crippen LogP contribution in [0, 0.1) is 0 Å². The average Bonchev–Trinajstić information content (AvgIpc) is 2.47. The van der Waals surface area contributed by atoms with Crippen LogP contribution >= 0.6 is 27.5 Å². The molecule has 3 aromatic carbocycles. The maximum atomic E-state index is 12.5. The Bertz CT molecular complexity index is 832. The van der Waals surface area contributed by atoms with Crippen molar-refractivity contribution in [3.8, 4) is 0 Å². The summed E-state index contributed by atoms with van der Waals surface area (Å²) in [5, 5.41) is 5.26. The standard InChI is InChI=1S/C17H11BrClNO/c18-11-4-1-5-12(10-11)20-17(21)15-8-2-7-14-13(15)6-3-9-16(14)19/h1-10H,(H,20,21). The zero-order valence-electron chi connectivity index (χ0n) is 10.9. The molecule has 1 N–H and O–H groups in total. The molecule has 0 aliphatic carbocycles. The van der Waals surface area contributed by atoms with Gasteiger partial charge in [-0.05, 0) is 35.7 Å². The molecule has 0 aromatic heterocycles. The lowest BCUT2D eigenvalue weighted by Crippen LogP contribution is -2.12. The molecular weight excluding hydrogens is 350 g/mol. The molecule has 0 heterocycles. The molecule has 0 atom stereocenters. The summed E-state index contributed by atoms with van der Waals surface area (Å²) in [6, 6.07) is 18.6. The zero-order chi connectivity index (χ0) is 14.8. The van der Waals surface area contributed by atoms with Crippen molar-refractivity contribution in [2.45, 2.75) is 0 Å². The van der Waals surface area contributed by atoms with E-state index >= 15 is 0 Å². The van der Waals surface area contributed by atoms with Gasteiger partial charge in [0.15, 0.2) is 0 Å². The van der Waals surface area contributed by atoms with E-state index in [0.29, 0.717) is 10.6 Å². The van der Waals surface area contributed by atoms with E-state index in [1.165, 1.54) is 0 Å². The first kappa shape index (κ1) is 14.1. The van der Waals surface area contributed by atoms with Crippen molar-refractivity contribution in [1.82, 2.24) is 0 Å². The monoisotopic (exact) mass is 359 g/mol. The minimum atomic E-state index is -0.152. The van der Waals surface area contributed by atoms with Gasteiger partial charge < -0.3 is 5.32 Å². The minimum absolute atomic E-state index is 0.152. The first-order valence-electron chi connectivity index (χ1n) is 6.39. The van der Waals surface area contributed by atoms with E-state index in [0.717, 1.165) is 20.9 Å². The van der Waals surface area contributed by atoms with Crippen molar-refractivity contribution in [1.29, 1.82) is 0 Å². The molecule has 3 aromatic rings. The van der Waals surface area contributed by atoms with Crippen LogP contribution in [0.4, 0.5) is 5.69 Å². The average molecular weight is 361 g/mol. The SMILES string of the molecule is O=C(Nc1cccc(Br)c1)c1cccc2c(Cl)cccc12. The Morgan fingerprint density at radius 1 is 0.952 bits per heavy atom. The molecule has 3 rings (SSSR count). The largest absolute Gasteiger partial charge is 0.322 e.